The Kier molecular flexibility index (Phi) is 4.05. The first-order valence-corrected chi connectivity index (χ1v) is 8.85. The van der Waals surface area contributed by atoms with Gasteiger partial charge in [0.2, 0.25) is 5.88 Å². The number of pyridine rings is 1. The molecular formula is C16H20BrN3O2. The molecule has 2 aliphatic rings. The van der Waals surface area contributed by atoms with Crippen LogP contribution in [-0.2, 0) is 11.3 Å². The number of aromatic nitrogens is 3. The van der Waals surface area contributed by atoms with Crippen molar-refractivity contribution < 1.29 is 9.47 Å². The minimum absolute atomic E-state index is 0.305. The number of ether oxygens (including phenoxy) is 2. The third-order valence-electron chi connectivity index (χ3n) is 4.51. The smallest absolute Gasteiger partial charge is 0.230 e. The van der Waals surface area contributed by atoms with Gasteiger partial charge in [0, 0.05) is 30.7 Å². The number of hydrogen-bond donors (Lipinski definition) is 0. The van der Waals surface area contributed by atoms with Crippen LogP contribution in [-0.4, -0.2) is 34.1 Å². The summed E-state index contributed by atoms with van der Waals surface area (Å²) >= 11 is 3.58. The third kappa shape index (κ3) is 2.99. The Balaban J connectivity index is 1.56. The summed E-state index contributed by atoms with van der Waals surface area (Å²) < 4.78 is 14.4. The van der Waals surface area contributed by atoms with Gasteiger partial charge in [-0.3, -0.25) is 4.68 Å². The molecule has 1 atom stereocenters. The molecule has 0 bridgehead atoms. The summed E-state index contributed by atoms with van der Waals surface area (Å²) in [7, 11) is 0. The van der Waals surface area contributed by atoms with Crippen molar-refractivity contribution in [1.29, 1.82) is 0 Å². The standard InChI is InChI=1S/C16H20BrN3O2/c17-14-7-12-9-20(8-11-5-6-21-10-11)19-15(12)18-16(14)22-13-3-1-2-4-13/h7,9,11,13H,1-6,8,10H2. The van der Waals surface area contributed by atoms with Gasteiger partial charge in [0.15, 0.2) is 5.65 Å². The molecule has 2 aromatic rings. The molecule has 0 radical (unpaired) electrons. The highest BCUT2D eigenvalue weighted by Crippen LogP contribution is 2.31. The van der Waals surface area contributed by atoms with Crippen molar-refractivity contribution in [2.45, 2.75) is 44.8 Å². The average molecular weight is 366 g/mol. The average Bonchev–Trinajstić information content (AvgIpc) is 3.21. The highest BCUT2D eigenvalue weighted by molar-refractivity contribution is 9.10. The number of halogens is 1. The van der Waals surface area contributed by atoms with Gasteiger partial charge in [0.05, 0.1) is 11.1 Å². The van der Waals surface area contributed by atoms with E-state index in [4.69, 9.17) is 9.47 Å². The van der Waals surface area contributed by atoms with Crippen LogP contribution in [0, 0.1) is 5.92 Å². The quantitative estimate of drug-likeness (QED) is 0.831. The van der Waals surface area contributed by atoms with Gasteiger partial charge in [0.1, 0.15) is 6.10 Å². The van der Waals surface area contributed by atoms with Crippen molar-refractivity contribution in [2.24, 2.45) is 5.92 Å². The van der Waals surface area contributed by atoms with Crippen molar-refractivity contribution >= 4 is 27.0 Å². The summed E-state index contributed by atoms with van der Waals surface area (Å²) in [5.41, 5.74) is 0.759. The summed E-state index contributed by atoms with van der Waals surface area (Å²) in [5, 5.41) is 5.65. The van der Waals surface area contributed by atoms with Crippen LogP contribution in [0.3, 0.4) is 0 Å². The second-order valence-electron chi connectivity index (χ2n) is 6.29. The summed E-state index contributed by atoms with van der Waals surface area (Å²) in [6.45, 7) is 2.60. The Hall–Kier alpha value is -1.14. The molecule has 5 nitrogen and oxygen atoms in total. The molecule has 1 aliphatic heterocycles. The normalized spacial score (nSPS) is 22.7. The Morgan fingerprint density at radius 3 is 2.95 bits per heavy atom. The van der Waals surface area contributed by atoms with Crippen LogP contribution < -0.4 is 4.74 Å². The first-order valence-electron chi connectivity index (χ1n) is 8.06. The fraction of sp³-hybridized carbons (Fsp3) is 0.625. The van der Waals surface area contributed by atoms with Crippen molar-refractivity contribution in [2.75, 3.05) is 13.2 Å². The van der Waals surface area contributed by atoms with E-state index in [-0.39, 0.29) is 0 Å². The minimum atomic E-state index is 0.305. The van der Waals surface area contributed by atoms with E-state index in [9.17, 15) is 0 Å². The predicted molar refractivity (Wildman–Crippen MR) is 87.0 cm³/mol. The summed E-state index contributed by atoms with van der Waals surface area (Å²) in [6.07, 6.45) is 8.24. The van der Waals surface area contributed by atoms with Crippen LogP contribution in [0.15, 0.2) is 16.7 Å². The van der Waals surface area contributed by atoms with Crippen LogP contribution in [0.2, 0.25) is 0 Å². The van der Waals surface area contributed by atoms with Gasteiger partial charge in [0.25, 0.3) is 0 Å². The van der Waals surface area contributed by atoms with E-state index < -0.39 is 0 Å². The number of nitrogens with zero attached hydrogens (tertiary/aromatic N) is 3. The lowest BCUT2D eigenvalue weighted by Crippen LogP contribution is -2.12. The lowest BCUT2D eigenvalue weighted by Gasteiger charge is -2.12. The molecule has 6 heteroatoms. The molecule has 1 saturated heterocycles. The molecule has 2 aromatic heterocycles. The highest BCUT2D eigenvalue weighted by atomic mass is 79.9. The molecule has 1 aliphatic carbocycles. The molecule has 0 N–H and O–H groups in total. The predicted octanol–water partition coefficient (Wildman–Crippen LogP) is 3.55. The zero-order valence-electron chi connectivity index (χ0n) is 12.5. The molecule has 22 heavy (non-hydrogen) atoms. The van der Waals surface area contributed by atoms with Crippen LogP contribution in [0.5, 0.6) is 5.88 Å². The van der Waals surface area contributed by atoms with E-state index in [1.54, 1.807) is 0 Å². The number of hydrogen-bond acceptors (Lipinski definition) is 4. The van der Waals surface area contributed by atoms with Crippen molar-refractivity contribution in [3.05, 3.63) is 16.7 Å². The lowest BCUT2D eigenvalue weighted by molar-refractivity contribution is 0.181. The Labute approximate surface area is 138 Å². The summed E-state index contributed by atoms with van der Waals surface area (Å²) in [5.74, 6) is 1.24. The van der Waals surface area contributed by atoms with Gasteiger partial charge in [-0.1, -0.05) is 0 Å². The van der Waals surface area contributed by atoms with E-state index in [0.29, 0.717) is 17.9 Å². The van der Waals surface area contributed by atoms with Crippen molar-refractivity contribution in [1.82, 2.24) is 14.8 Å². The first-order chi connectivity index (χ1) is 10.8. The molecular weight excluding hydrogens is 346 g/mol. The van der Waals surface area contributed by atoms with Crippen LogP contribution in [0.1, 0.15) is 32.1 Å². The van der Waals surface area contributed by atoms with Crippen molar-refractivity contribution in [3.63, 3.8) is 0 Å². The lowest BCUT2D eigenvalue weighted by atomic mass is 10.1. The van der Waals surface area contributed by atoms with Gasteiger partial charge in [-0.25, -0.2) is 0 Å². The van der Waals surface area contributed by atoms with E-state index in [0.717, 1.165) is 54.5 Å². The number of rotatable bonds is 4. The minimum Gasteiger partial charge on any atom is -0.474 e. The van der Waals surface area contributed by atoms with Crippen molar-refractivity contribution in [3.8, 4) is 5.88 Å². The maximum atomic E-state index is 6.03. The van der Waals surface area contributed by atoms with E-state index in [1.165, 1.54) is 12.8 Å². The fourth-order valence-corrected chi connectivity index (χ4v) is 3.72. The Morgan fingerprint density at radius 1 is 1.32 bits per heavy atom. The molecule has 0 amide bonds. The zero-order chi connectivity index (χ0) is 14.9. The monoisotopic (exact) mass is 365 g/mol. The van der Waals surface area contributed by atoms with Gasteiger partial charge in [-0.05, 0) is 54.1 Å². The molecule has 0 spiro atoms. The van der Waals surface area contributed by atoms with Crippen LogP contribution in [0.25, 0.3) is 11.0 Å². The topological polar surface area (TPSA) is 49.2 Å². The Morgan fingerprint density at radius 2 is 2.18 bits per heavy atom. The van der Waals surface area contributed by atoms with Gasteiger partial charge in [-0.15, -0.1) is 0 Å². The maximum Gasteiger partial charge on any atom is 0.230 e. The molecule has 3 heterocycles. The SMILES string of the molecule is Brc1cc2cn(CC3CCOC3)nc2nc1OC1CCCC1. The van der Waals surface area contributed by atoms with Gasteiger partial charge >= 0.3 is 0 Å². The van der Waals surface area contributed by atoms with E-state index in [2.05, 4.69) is 38.3 Å². The molecule has 118 valence electrons. The largest absolute Gasteiger partial charge is 0.474 e. The van der Waals surface area contributed by atoms with Crippen LogP contribution >= 0.6 is 15.9 Å². The second-order valence-corrected chi connectivity index (χ2v) is 7.15. The third-order valence-corrected chi connectivity index (χ3v) is 5.08. The molecule has 4 rings (SSSR count). The second kappa shape index (κ2) is 6.16. The summed E-state index contributed by atoms with van der Waals surface area (Å²) in [4.78, 5) is 4.60. The van der Waals surface area contributed by atoms with Gasteiger partial charge in [-0.2, -0.15) is 10.1 Å². The molecule has 0 aromatic carbocycles. The molecule has 1 saturated carbocycles. The highest BCUT2D eigenvalue weighted by Gasteiger charge is 2.20. The summed E-state index contributed by atoms with van der Waals surface area (Å²) in [6, 6.07) is 2.06. The fourth-order valence-electron chi connectivity index (χ4n) is 3.30. The van der Waals surface area contributed by atoms with E-state index in [1.807, 2.05) is 4.68 Å². The maximum absolute atomic E-state index is 6.03. The molecule has 1 unspecified atom stereocenters. The van der Waals surface area contributed by atoms with Crippen LogP contribution in [0.4, 0.5) is 0 Å². The van der Waals surface area contributed by atoms with Gasteiger partial charge < -0.3 is 9.47 Å². The number of fused-ring (bicyclic) bond motifs is 1. The Bertz CT molecular complexity index is 661. The first kappa shape index (κ1) is 14.5. The van der Waals surface area contributed by atoms with E-state index >= 15 is 0 Å². The zero-order valence-corrected chi connectivity index (χ0v) is 14.1. The molecule has 2 fully saturated rings.